The van der Waals surface area contributed by atoms with E-state index >= 15 is 0 Å². The highest BCUT2D eigenvalue weighted by Gasteiger charge is 2.41. The number of aliphatic hydroxyl groups is 3. The SMILES string of the molecule is CC1C(CO)OC(OC[C@@H](C)COOCO)C1O. The Morgan fingerprint density at radius 1 is 1.22 bits per heavy atom. The van der Waals surface area contributed by atoms with E-state index < -0.39 is 25.3 Å². The van der Waals surface area contributed by atoms with Crippen LogP contribution in [0.3, 0.4) is 0 Å². The fourth-order valence-corrected chi connectivity index (χ4v) is 1.70. The van der Waals surface area contributed by atoms with Gasteiger partial charge in [0.15, 0.2) is 13.1 Å². The van der Waals surface area contributed by atoms with Crippen molar-refractivity contribution in [3.63, 3.8) is 0 Å². The summed E-state index contributed by atoms with van der Waals surface area (Å²) >= 11 is 0. The van der Waals surface area contributed by atoms with Gasteiger partial charge in [0.05, 0.1) is 25.9 Å². The smallest absolute Gasteiger partial charge is 0.184 e. The summed E-state index contributed by atoms with van der Waals surface area (Å²) in [6.07, 6.45) is -1.86. The summed E-state index contributed by atoms with van der Waals surface area (Å²) in [5.74, 6) is -0.139. The first-order valence-corrected chi connectivity index (χ1v) is 6.01. The molecule has 0 aromatic rings. The normalized spacial score (nSPS) is 33.8. The first kappa shape index (κ1) is 15.8. The van der Waals surface area contributed by atoms with Gasteiger partial charge in [0, 0.05) is 11.8 Å². The van der Waals surface area contributed by atoms with Gasteiger partial charge < -0.3 is 24.8 Å². The minimum atomic E-state index is -0.746. The third kappa shape index (κ3) is 4.43. The maximum atomic E-state index is 9.84. The molecule has 1 heterocycles. The Hall–Kier alpha value is -0.280. The number of ether oxygens (including phenoxy) is 2. The van der Waals surface area contributed by atoms with Gasteiger partial charge in [-0.05, 0) is 0 Å². The molecule has 1 fully saturated rings. The number of rotatable bonds is 8. The van der Waals surface area contributed by atoms with Crippen LogP contribution >= 0.6 is 0 Å². The highest BCUT2D eigenvalue weighted by molar-refractivity contribution is 4.83. The molecule has 108 valence electrons. The fraction of sp³-hybridized carbons (Fsp3) is 1.00. The van der Waals surface area contributed by atoms with Crippen LogP contribution in [-0.4, -0.2) is 60.4 Å². The zero-order valence-electron chi connectivity index (χ0n) is 10.7. The molecule has 1 aliphatic rings. The molecule has 1 saturated heterocycles. The predicted octanol–water partition coefficient (Wildman–Crippen LogP) is -0.749. The van der Waals surface area contributed by atoms with Crippen LogP contribution < -0.4 is 0 Å². The Morgan fingerprint density at radius 3 is 2.50 bits per heavy atom. The molecule has 0 aromatic heterocycles. The molecule has 0 amide bonds. The lowest BCUT2D eigenvalue weighted by atomic mass is 10.0. The number of aliphatic hydroxyl groups excluding tert-OH is 3. The van der Waals surface area contributed by atoms with Crippen molar-refractivity contribution in [1.82, 2.24) is 0 Å². The van der Waals surface area contributed by atoms with Crippen molar-refractivity contribution in [2.24, 2.45) is 11.8 Å². The van der Waals surface area contributed by atoms with Gasteiger partial charge in [-0.2, -0.15) is 0 Å². The summed E-state index contributed by atoms with van der Waals surface area (Å²) in [5.41, 5.74) is 0. The van der Waals surface area contributed by atoms with Crippen LogP contribution in [0.15, 0.2) is 0 Å². The lowest BCUT2D eigenvalue weighted by Crippen LogP contribution is -2.30. The third-order valence-corrected chi connectivity index (χ3v) is 2.93. The van der Waals surface area contributed by atoms with E-state index in [0.29, 0.717) is 6.61 Å². The predicted molar refractivity (Wildman–Crippen MR) is 60.2 cm³/mol. The first-order valence-electron chi connectivity index (χ1n) is 6.01. The average Bonchev–Trinajstić information content (AvgIpc) is 2.64. The summed E-state index contributed by atoms with van der Waals surface area (Å²) in [6.45, 7) is 3.63. The van der Waals surface area contributed by atoms with E-state index in [-0.39, 0.29) is 25.0 Å². The Morgan fingerprint density at radius 2 is 1.94 bits per heavy atom. The van der Waals surface area contributed by atoms with E-state index in [1.54, 1.807) is 6.92 Å². The third-order valence-electron chi connectivity index (χ3n) is 2.93. The minimum Gasteiger partial charge on any atom is -0.394 e. The standard InChI is InChI=1S/C11H22O7/c1-7(5-16-17-6-13)4-15-11-10(14)8(2)9(3-12)18-11/h7-14H,3-6H2,1-2H3/t7-,8?,9?,10?,11?/m1/s1. The van der Waals surface area contributed by atoms with E-state index in [0.717, 1.165) is 0 Å². The van der Waals surface area contributed by atoms with Crippen LogP contribution in [-0.2, 0) is 19.2 Å². The van der Waals surface area contributed by atoms with Gasteiger partial charge in [-0.3, -0.25) is 0 Å². The molecule has 0 aliphatic carbocycles. The van der Waals surface area contributed by atoms with E-state index in [1.807, 2.05) is 6.92 Å². The second kappa shape index (κ2) is 8.00. The molecule has 1 aliphatic heterocycles. The second-order valence-corrected chi connectivity index (χ2v) is 4.55. The fourth-order valence-electron chi connectivity index (χ4n) is 1.70. The van der Waals surface area contributed by atoms with Crippen LogP contribution in [0.5, 0.6) is 0 Å². The molecule has 5 atom stereocenters. The largest absolute Gasteiger partial charge is 0.394 e. The molecule has 0 bridgehead atoms. The average molecular weight is 266 g/mol. The minimum absolute atomic E-state index is 0.0239. The number of hydrogen-bond acceptors (Lipinski definition) is 7. The van der Waals surface area contributed by atoms with Crippen molar-refractivity contribution in [3.05, 3.63) is 0 Å². The molecule has 0 spiro atoms. The molecule has 7 nitrogen and oxygen atoms in total. The van der Waals surface area contributed by atoms with Gasteiger partial charge >= 0.3 is 0 Å². The van der Waals surface area contributed by atoms with Crippen molar-refractivity contribution in [3.8, 4) is 0 Å². The van der Waals surface area contributed by atoms with Gasteiger partial charge in [-0.25, -0.2) is 9.78 Å². The molecule has 7 heteroatoms. The summed E-state index contributed by atoms with van der Waals surface area (Å²) in [4.78, 5) is 9.01. The van der Waals surface area contributed by atoms with Crippen LogP contribution in [0.25, 0.3) is 0 Å². The molecular weight excluding hydrogens is 244 g/mol. The van der Waals surface area contributed by atoms with E-state index in [2.05, 4.69) is 9.78 Å². The quantitative estimate of drug-likeness (QED) is 0.230. The maximum Gasteiger partial charge on any atom is 0.184 e. The van der Waals surface area contributed by atoms with Gasteiger partial charge in [0.25, 0.3) is 0 Å². The molecule has 3 N–H and O–H groups in total. The van der Waals surface area contributed by atoms with Crippen molar-refractivity contribution in [1.29, 1.82) is 0 Å². The lowest BCUT2D eigenvalue weighted by Gasteiger charge is -2.18. The summed E-state index contributed by atoms with van der Waals surface area (Å²) in [5, 5.41) is 27.2. The van der Waals surface area contributed by atoms with Gasteiger partial charge in [-0.1, -0.05) is 13.8 Å². The summed E-state index contributed by atoms with van der Waals surface area (Å²) in [6, 6.07) is 0. The molecule has 0 radical (unpaired) electrons. The maximum absolute atomic E-state index is 9.84. The summed E-state index contributed by atoms with van der Waals surface area (Å²) in [7, 11) is 0. The van der Waals surface area contributed by atoms with Gasteiger partial charge in [-0.15, -0.1) is 0 Å². The summed E-state index contributed by atoms with van der Waals surface area (Å²) < 4.78 is 10.8. The highest BCUT2D eigenvalue weighted by Crippen LogP contribution is 2.27. The van der Waals surface area contributed by atoms with Crippen molar-refractivity contribution >= 4 is 0 Å². The van der Waals surface area contributed by atoms with Crippen LogP contribution in [0.4, 0.5) is 0 Å². The van der Waals surface area contributed by atoms with Crippen molar-refractivity contribution in [2.75, 3.05) is 26.6 Å². The van der Waals surface area contributed by atoms with Gasteiger partial charge in [0.1, 0.15) is 6.10 Å². The van der Waals surface area contributed by atoms with E-state index in [1.165, 1.54) is 0 Å². The Labute approximate surface area is 106 Å². The molecule has 0 aromatic carbocycles. The molecular formula is C11H22O7. The van der Waals surface area contributed by atoms with Crippen LogP contribution in [0.1, 0.15) is 13.8 Å². The Balaban J connectivity index is 2.22. The van der Waals surface area contributed by atoms with E-state index in [9.17, 15) is 5.11 Å². The van der Waals surface area contributed by atoms with Crippen molar-refractivity contribution in [2.45, 2.75) is 32.3 Å². The molecule has 0 saturated carbocycles. The molecule has 1 rings (SSSR count). The van der Waals surface area contributed by atoms with Crippen molar-refractivity contribution < 1.29 is 34.6 Å². The Kier molecular flexibility index (Phi) is 7.02. The van der Waals surface area contributed by atoms with Crippen LogP contribution in [0.2, 0.25) is 0 Å². The number of hydrogen-bond donors (Lipinski definition) is 3. The lowest BCUT2D eigenvalue weighted by molar-refractivity contribution is -0.335. The van der Waals surface area contributed by atoms with Crippen LogP contribution in [0, 0.1) is 11.8 Å². The monoisotopic (exact) mass is 266 g/mol. The second-order valence-electron chi connectivity index (χ2n) is 4.55. The first-order chi connectivity index (χ1) is 8.60. The Bertz CT molecular complexity index is 225. The molecule has 4 unspecified atom stereocenters. The topological polar surface area (TPSA) is 97.6 Å². The zero-order valence-corrected chi connectivity index (χ0v) is 10.7. The van der Waals surface area contributed by atoms with Gasteiger partial charge in [0.2, 0.25) is 0 Å². The van der Waals surface area contributed by atoms with E-state index in [4.69, 9.17) is 19.7 Å². The molecule has 18 heavy (non-hydrogen) atoms. The zero-order chi connectivity index (χ0) is 13.5. The highest BCUT2D eigenvalue weighted by atomic mass is 17.2.